The minimum absolute atomic E-state index is 0.0593. The molecule has 0 aliphatic carbocycles. The smallest absolute Gasteiger partial charge is 0.280 e. The third kappa shape index (κ3) is 4.04. The molecule has 0 saturated carbocycles. The molecule has 0 atom stereocenters. The summed E-state index contributed by atoms with van der Waals surface area (Å²) in [6, 6.07) is 14.9. The fourth-order valence-corrected chi connectivity index (χ4v) is 2.82. The van der Waals surface area contributed by atoms with Crippen LogP contribution in [-0.4, -0.2) is 24.8 Å². The van der Waals surface area contributed by atoms with Crippen molar-refractivity contribution in [2.75, 3.05) is 18.2 Å². The zero-order valence-electron chi connectivity index (χ0n) is 16.1. The topological polar surface area (TPSA) is 74.9 Å². The molecule has 2 aromatic carbocycles. The van der Waals surface area contributed by atoms with Gasteiger partial charge in [-0.1, -0.05) is 23.8 Å². The van der Waals surface area contributed by atoms with Crippen LogP contribution in [0, 0.1) is 18.3 Å². The molecule has 0 aromatic heterocycles. The number of anilines is 1. The second-order valence-electron chi connectivity index (χ2n) is 6.28. The van der Waals surface area contributed by atoms with Gasteiger partial charge in [-0.05, 0) is 56.7 Å². The number of carbonyl (C=O) groups is 1. The summed E-state index contributed by atoms with van der Waals surface area (Å²) in [6.07, 6.45) is 1.78. The Bertz CT molecular complexity index is 985. The normalized spacial score (nSPS) is 14.8. The molecular weight excluding hydrogens is 354 g/mol. The molecule has 0 N–H and O–H groups in total. The van der Waals surface area contributed by atoms with Crippen molar-refractivity contribution in [3.8, 4) is 17.6 Å². The number of carbonyl (C=O) groups excluding carboxylic acids is 1. The van der Waals surface area contributed by atoms with Crippen molar-refractivity contribution < 1.29 is 14.3 Å². The maximum atomic E-state index is 12.9. The molecule has 0 bridgehead atoms. The van der Waals surface area contributed by atoms with Crippen molar-refractivity contribution in [1.29, 1.82) is 5.26 Å². The summed E-state index contributed by atoms with van der Waals surface area (Å²) >= 11 is 0. The SMILES string of the molecule is CCOc1cc(C=C2C(=O)N(c3ccc(C)cc3)N=C2C)ccc1OCC#N. The molecule has 2 aromatic rings. The number of hydrogen-bond donors (Lipinski definition) is 0. The molecule has 0 unspecified atom stereocenters. The number of rotatable bonds is 6. The molecule has 6 heteroatoms. The summed E-state index contributed by atoms with van der Waals surface area (Å²) in [4.78, 5) is 12.9. The molecule has 142 valence electrons. The van der Waals surface area contributed by atoms with E-state index in [1.165, 1.54) is 5.01 Å². The number of amides is 1. The lowest BCUT2D eigenvalue weighted by Gasteiger charge is -2.12. The van der Waals surface area contributed by atoms with Gasteiger partial charge in [0.2, 0.25) is 0 Å². The first-order valence-electron chi connectivity index (χ1n) is 8.98. The highest BCUT2D eigenvalue weighted by Crippen LogP contribution is 2.31. The van der Waals surface area contributed by atoms with Crippen LogP contribution in [0.5, 0.6) is 11.5 Å². The number of ether oxygens (including phenoxy) is 2. The maximum absolute atomic E-state index is 12.9. The molecule has 6 nitrogen and oxygen atoms in total. The summed E-state index contributed by atoms with van der Waals surface area (Å²) in [6.45, 7) is 6.08. The number of nitriles is 1. The Morgan fingerprint density at radius 2 is 1.86 bits per heavy atom. The molecule has 1 heterocycles. The molecule has 0 radical (unpaired) electrons. The van der Waals surface area contributed by atoms with Crippen LogP contribution in [0.15, 0.2) is 53.1 Å². The number of aryl methyl sites for hydroxylation is 1. The predicted molar refractivity (Wildman–Crippen MR) is 108 cm³/mol. The van der Waals surface area contributed by atoms with E-state index >= 15 is 0 Å². The Balaban J connectivity index is 1.89. The van der Waals surface area contributed by atoms with Gasteiger partial charge in [-0.15, -0.1) is 0 Å². The average Bonchev–Trinajstić information content (AvgIpc) is 2.96. The second kappa shape index (κ2) is 8.40. The van der Waals surface area contributed by atoms with E-state index in [2.05, 4.69) is 5.10 Å². The minimum atomic E-state index is -0.177. The molecular formula is C22H21N3O3. The monoisotopic (exact) mass is 375 g/mol. The van der Waals surface area contributed by atoms with Crippen LogP contribution < -0.4 is 14.5 Å². The van der Waals surface area contributed by atoms with E-state index < -0.39 is 0 Å². The van der Waals surface area contributed by atoms with Crippen molar-refractivity contribution in [2.45, 2.75) is 20.8 Å². The number of benzene rings is 2. The van der Waals surface area contributed by atoms with Gasteiger partial charge in [0, 0.05) is 0 Å². The van der Waals surface area contributed by atoms with Crippen LogP contribution in [0.25, 0.3) is 6.08 Å². The number of nitrogens with zero attached hydrogens (tertiary/aromatic N) is 3. The highest BCUT2D eigenvalue weighted by atomic mass is 16.5. The van der Waals surface area contributed by atoms with E-state index in [0.717, 1.165) is 16.8 Å². The Kier molecular flexibility index (Phi) is 5.75. The first-order valence-corrected chi connectivity index (χ1v) is 8.98. The van der Waals surface area contributed by atoms with E-state index in [0.29, 0.717) is 29.4 Å². The van der Waals surface area contributed by atoms with Crippen LogP contribution in [0.3, 0.4) is 0 Å². The molecule has 0 saturated heterocycles. The number of hydrogen-bond acceptors (Lipinski definition) is 5. The molecule has 3 rings (SSSR count). The van der Waals surface area contributed by atoms with Crippen LogP contribution in [-0.2, 0) is 4.79 Å². The Labute approximate surface area is 164 Å². The van der Waals surface area contributed by atoms with Crippen LogP contribution in [0.2, 0.25) is 0 Å². The Morgan fingerprint density at radius 1 is 1.11 bits per heavy atom. The second-order valence-corrected chi connectivity index (χ2v) is 6.28. The first kappa shape index (κ1) is 19.2. The van der Waals surface area contributed by atoms with Gasteiger partial charge in [0.15, 0.2) is 18.1 Å². The van der Waals surface area contributed by atoms with Gasteiger partial charge in [-0.25, -0.2) is 0 Å². The first-order chi connectivity index (χ1) is 13.5. The third-order valence-electron chi connectivity index (χ3n) is 4.21. The van der Waals surface area contributed by atoms with Crippen LogP contribution >= 0.6 is 0 Å². The van der Waals surface area contributed by atoms with E-state index in [4.69, 9.17) is 14.7 Å². The quantitative estimate of drug-likeness (QED) is 0.712. The highest BCUT2D eigenvalue weighted by Gasteiger charge is 2.28. The van der Waals surface area contributed by atoms with Crippen molar-refractivity contribution in [3.63, 3.8) is 0 Å². The van der Waals surface area contributed by atoms with Crippen molar-refractivity contribution in [2.24, 2.45) is 5.10 Å². The molecule has 0 fully saturated rings. The zero-order chi connectivity index (χ0) is 20.1. The van der Waals surface area contributed by atoms with E-state index in [1.807, 2.05) is 57.2 Å². The zero-order valence-corrected chi connectivity index (χ0v) is 16.1. The Hall–Kier alpha value is -3.59. The van der Waals surface area contributed by atoms with Crippen molar-refractivity contribution >= 4 is 23.4 Å². The summed E-state index contributed by atoms with van der Waals surface area (Å²) in [5.74, 6) is 0.849. The predicted octanol–water partition coefficient (Wildman–Crippen LogP) is 4.10. The lowest BCUT2D eigenvalue weighted by atomic mass is 10.1. The minimum Gasteiger partial charge on any atom is -0.490 e. The van der Waals surface area contributed by atoms with Crippen molar-refractivity contribution in [1.82, 2.24) is 0 Å². The largest absolute Gasteiger partial charge is 0.490 e. The maximum Gasteiger partial charge on any atom is 0.280 e. The highest BCUT2D eigenvalue weighted by molar-refractivity contribution is 6.32. The fourth-order valence-electron chi connectivity index (χ4n) is 2.82. The summed E-state index contributed by atoms with van der Waals surface area (Å²) in [5, 5.41) is 14.5. The van der Waals surface area contributed by atoms with Gasteiger partial charge in [-0.3, -0.25) is 4.79 Å². The third-order valence-corrected chi connectivity index (χ3v) is 4.21. The molecule has 28 heavy (non-hydrogen) atoms. The summed E-state index contributed by atoms with van der Waals surface area (Å²) in [5.41, 5.74) is 3.81. The van der Waals surface area contributed by atoms with Gasteiger partial charge in [0.25, 0.3) is 5.91 Å². The molecule has 0 spiro atoms. The standard InChI is InChI=1S/C22H21N3O3/c1-4-27-21-14-17(7-10-20(21)28-12-11-23)13-19-16(3)24-25(22(19)26)18-8-5-15(2)6-9-18/h5-10,13-14H,4,12H2,1-3H3. The number of hydrazone groups is 1. The van der Waals surface area contributed by atoms with Crippen molar-refractivity contribution in [3.05, 3.63) is 59.2 Å². The summed E-state index contributed by atoms with van der Waals surface area (Å²) in [7, 11) is 0. The molecule has 1 aliphatic heterocycles. The van der Waals surface area contributed by atoms with Crippen LogP contribution in [0.4, 0.5) is 5.69 Å². The lowest BCUT2D eigenvalue weighted by Crippen LogP contribution is -2.21. The van der Waals surface area contributed by atoms with Gasteiger partial charge in [0.1, 0.15) is 6.07 Å². The van der Waals surface area contributed by atoms with Gasteiger partial charge >= 0.3 is 0 Å². The summed E-state index contributed by atoms with van der Waals surface area (Å²) < 4.78 is 11.0. The van der Waals surface area contributed by atoms with Gasteiger partial charge < -0.3 is 9.47 Å². The van der Waals surface area contributed by atoms with Gasteiger partial charge in [0.05, 0.1) is 23.6 Å². The Morgan fingerprint density at radius 3 is 2.54 bits per heavy atom. The van der Waals surface area contributed by atoms with Gasteiger partial charge in [-0.2, -0.15) is 15.4 Å². The average molecular weight is 375 g/mol. The van der Waals surface area contributed by atoms with E-state index in [1.54, 1.807) is 18.2 Å². The van der Waals surface area contributed by atoms with E-state index in [-0.39, 0.29) is 12.5 Å². The van der Waals surface area contributed by atoms with Crippen LogP contribution in [0.1, 0.15) is 25.0 Å². The van der Waals surface area contributed by atoms with E-state index in [9.17, 15) is 4.79 Å². The fraction of sp³-hybridized carbons (Fsp3) is 0.227. The molecule has 1 aliphatic rings. The molecule has 1 amide bonds. The lowest BCUT2D eigenvalue weighted by molar-refractivity contribution is -0.114.